The maximum atomic E-state index is 14.7. The van der Waals surface area contributed by atoms with Crippen molar-refractivity contribution in [2.24, 2.45) is 0 Å². The van der Waals surface area contributed by atoms with Crippen LogP contribution in [0.25, 0.3) is 22.4 Å². The molecule has 10 heteroatoms. The Hall–Kier alpha value is -3.01. The molecule has 9 nitrogen and oxygen atoms in total. The van der Waals surface area contributed by atoms with Crippen LogP contribution in [-0.4, -0.2) is 64.3 Å². The maximum absolute atomic E-state index is 14.7. The lowest BCUT2D eigenvalue weighted by Gasteiger charge is -2.29. The number of piperidine rings is 1. The largest absolute Gasteiger partial charge is 0.453 e. The molecule has 0 radical (unpaired) electrons. The number of nitrogens with zero attached hydrogens (tertiary/aromatic N) is 5. The number of carbonyl (C=O) groups is 1. The van der Waals surface area contributed by atoms with Crippen LogP contribution >= 0.6 is 0 Å². The monoisotopic (exact) mass is 401 g/mol. The third-order valence-electron chi connectivity index (χ3n) is 5.62. The van der Waals surface area contributed by atoms with Crippen molar-refractivity contribution in [1.29, 1.82) is 0 Å². The second-order valence-electron chi connectivity index (χ2n) is 7.36. The number of benzene rings is 1. The summed E-state index contributed by atoms with van der Waals surface area (Å²) in [6.07, 6.45) is 2.71. The maximum Gasteiger partial charge on any atom is 0.409 e. The smallest absolute Gasteiger partial charge is 0.409 e. The molecule has 1 amide bonds. The van der Waals surface area contributed by atoms with Gasteiger partial charge < -0.3 is 18.9 Å². The molecule has 2 aliphatic heterocycles. The number of fused-ring (bicyclic) bond motifs is 1. The molecule has 2 aromatic heterocycles. The Labute approximate surface area is 165 Å². The average molecular weight is 401 g/mol. The molecule has 2 fully saturated rings. The van der Waals surface area contributed by atoms with Crippen LogP contribution in [0, 0.1) is 5.82 Å². The zero-order chi connectivity index (χ0) is 20.0. The van der Waals surface area contributed by atoms with E-state index in [0.717, 1.165) is 5.52 Å². The van der Waals surface area contributed by atoms with Gasteiger partial charge in [-0.2, -0.15) is 10.1 Å². The van der Waals surface area contributed by atoms with Crippen LogP contribution in [0.5, 0.6) is 0 Å². The number of amides is 1. The SMILES string of the molecule is COC(=O)N1CCC(c2noc(-c3cc4c(cnn4C4COC4)cc3F)n2)CC1. The van der Waals surface area contributed by atoms with E-state index in [1.165, 1.54) is 13.2 Å². The number of ether oxygens (including phenoxy) is 2. The van der Waals surface area contributed by atoms with Crippen LogP contribution < -0.4 is 0 Å². The first-order valence-corrected chi connectivity index (χ1v) is 9.55. The van der Waals surface area contributed by atoms with E-state index in [0.29, 0.717) is 50.4 Å². The molecule has 0 unspecified atom stereocenters. The highest BCUT2D eigenvalue weighted by atomic mass is 19.1. The Kier molecular flexibility index (Phi) is 4.42. The Bertz CT molecular complexity index is 1050. The first-order valence-electron chi connectivity index (χ1n) is 9.55. The fraction of sp³-hybridized carbons (Fsp3) is 0.474. The summed E-state index contributed by atoms with van der Waals surface area (Å²) in [5.41, 5.74) is 1.06. The minimum atomic E-state index is -0.433. The summed E-state index contributed by atoms with van der Waals surface area (Å²) in [5, 5.41) is 9.15. The van der Waals surface area contributed by atoms with Crippen molar-refractivity contribution in [2.75, 3.05) is 33.4 Å². The van der Waals surface area contributed by atoms with Gasteiger partial charge in [0, 0.05) is 24.4 Å². The Morgan fingerprint density at radius 1 is 1.28 bits per heavy atom. The van der Waals surface area contributed by atoms with E-state index in [1.54, 1.807) is 17.2 Å². The second-order valence-corrected chi connectivity index (χ2v) is 7.36. The molecule has 0 aliphatic carbocycles. The molecular formula is C19H20FN5O4. The molecule has 29 heavy (non-hydrogen) atoms. The summed E-state index contributed by atoms with van der Waals surface area (Å²) in [5.74, 6) is 0.299. The first-order chi connectivity index (χ1) is 14.1. The van der Waals surface area contributed by atoms with Gasteiger partial charge in [0.15, 0.2) is 5.82 Å². The van der Waals surface area contributed by atoms with Crippen LogP contribution in [0.1, 0.15) is 30.6 Å². The molecule has 0 bridgehead atoms. The molecule has 3 aromatic rings. The minimum absolute atomic E-state index is 0.0536. The number of halogens is 1. The molecule has 0 N–H and O–H groups in total. The Morgan fingerprint density at radius 2 is 2.07 bits per heavy atom. The number of aromatic nitrogens is 4. The summed E-state index contributed by atoms with van der Waals surface area (Å²) in [6, 6.07) is 3.29. The van der Waals surface area contributed by atoms with E-state index in [-0.39, 0.29) is 29.5 Å². The summed E-state index contributed by atoms with van der Waals surface area (Å²) in [6.45, 7) is 2.31. The average Bonchev–Trinajstić information content (AvgIpc) is 3.33. The highest BCUT2D eigenvalue weighted by Crippen LogP contribution is 2.32. The topological polar surface area (TPSA) is 95.5 Å². The lowest BCUT2D eigenvalue weighted by atomic mass is 9.96. The van der Waals surface area contributed by atoms with Gasteiger partial charge in [0.1, 0.15) is 5.82 Å². The van der Waals surface area contributed by atoms with E-state index in [9.17, 15) is 9.18 Å². The van der Waals surface area contributed by atoms with E-state index in [1.807, 2.05) is 4.68 Å². The van der Waals surface area contributed by atoms with Crippen molar-refractivity contribution in [1.82, 2.24) is 24.8 Å². The Balaban J connectivity index is 1.39. The summed E-state index contributed by atoms with van der Waals surface area (Å²) in [4.78, 5) is 17.7. The standard InChI is InChI=1S/C19H20FN5O4/c1-27-19(26)24-4-2-11(3-5-24)17-22-18(29-23-17)14-7-16-12(6-15(14)20)8-21-25(16)13-9-28-10-13/h6-8,11,13H,2-5,9-10H2,1H3. The normalized spacial score (nSPS) is 18.2. The third-order valence-corrected chi connectivity index (χ3v) is 5.62. The predicted octanol–water partition coefficient (Wildman–Crippen LogP) is 2.74. The summed E-state index contributed by atoms with van der Waals surface area (Å²) < 4.78 is 31.9. The molecule has 5 rings (SSSR count). The Morgan fingerprint density at radius 3 is 2.76 bits per heavy atom. The minimum Gasteiger partial charge on any atom is -0.453 e. The van der Waals surface area contributed by atoms with Gasteiger partial charge in [0.05, 0.1) is 43.6 Å². The van der Waals surface area contributed by atoms with Crippen molar-refractivity contribution >= 4 is 17.0 Å². The highest BCUT2D eigenvalue weighted by Gasteiger charge is 2.28. The van der Waals surface area contributed by atoms with Gasteiger partial charge in [-0.25, -0.2) is 9.18 Å². The quantitative estimate of drug-likeness (QED) is 0.666. The number of hydrogen-bond donors (Lipinski definition) is 0. The summed E-state index contributed by atoms with van der Waals surface area (Å²) >= 11 is 0. The van der Waals surface area contributed by atoms with Gasteiger partial charge in [-0.1, -0.05) is 5.16 Å². The fourth-order valence-corrected chi connectivity index (χ4v) is 3.84. The molecule has 0 spiro atoms. The van der Waals surface area contributed by atoms with Crippen molar-refractivity contribution < 1.29 is 23.2 Å². The van der Waals surface area contributed by atoms with Crippen LogP contribution in [0.2, 0.25) is 0 Å². The van der Waals surface area contributed by atoms with Crippen LogP contribution in [0.4, 0.5) is 9.18 Å². The van der Waals surface area contributed by atoms with Gasteiger partial charge >= 0.3 is 6.09 Å². The van der Waals surface area contributed by atoms with Crippen LogP contribution in [-0.2, 0) is 9.47 Å². The third kappa shape index (κ3) is 3.13. The van der Waals surface area contributed by atoms with E-state index < -0.39 is 5.82 Å². The van der Waals surface area contributed by atoms with Gasteiger partial charge in [-0.15, -0.1) is 0 Å². The number of likely N-dealkylation sites (tertiary alicyclic amines) is 1. The molecule has 2 aliphatic rings. The van der Waals surface area contributed by atoms with Crippen LogP contribution in [0.3, 0.4) is 0 Å². The lowest BCUT2D eigenvalue weighted by Crippen LogP contribution is -2.37. The van der Waals surface area contributed by atoms with Crippen molar-refractivity contribution in [3.05, 3.63) is 30.0 Å². The van der Waals surface area contributed by atoms with Crippen molar-refractivity contribution in [2.45, 2.75) is 24.8 Å². The fourth-order valence-electron chi connectivity index (χ4n) is 3.84. The van der Waals surface area contributed by atoms with Gasteiger partial charge in [-0.3, -0.25) is 4.68 Å². The zero-order valence-electron chi connectivity index (χ0n) is 15.9. The van der Waals surface area contributed by atoms with Crippen molar-refractivity contribution in [3.63, 3.8) is 0 Å². The van der Waals surface area contributed by atoms with Crippen LogP contribution in [0.15, 0.2) is 22.9 Å². The summed E-state index contributed by atoms with van der Waals surface area (Å²) in [7, 11) is 1.37. The lowest BCUT2D eigenvalue weighted by molar-refractivity contribution is -0.0266. The van der Waals surface area contributed by atoms with Crippen molar-refractivity contribution in [3.8, 4) is 11.5 Å². The molecule has 152 valence electrons. The highest BCUT2D eigenvalue weighted by molar-refractivity contribution is 5.83. The van der Waals surface area contributed by atoms with E-state index in [4.69, 9.17) is 14.0 Å². The van der Waals surface area contributed by atoms with E-state index >= 15 is 0 Å². The van der Waals surface area contributed by atoms with Gasteiger partial charge in [0.2, 0.25) is 0 Å². The number of carbonyl (C=O) groups excluding carboxylic acids is 1. The van der Waals surface area contributed by atoms with Gasteiger partial charge in [0.25, 0.3) is 5.89 Å². The number of methoxy groups -OCH3 is 1. The van der Waals surface area contributed by atoms with E-state index in [2.05, 4.69) is 15.2 Å². The molecule has 0 atom stereocenters. The predicted molar refractivity (Wildman–Crippen MR) is 98.8 cm³/mol. The van der Waals surface area contributed by atoms with Gasteiger partial charge in [-0.05, 0) is 25.0 Å². The molecule has 1 aromatic carbocycles. The molecular weight excluding hydrogens is 381 g/mol. The molecule has 0 saturated carbocycles. The second kappa shape index (κ2) is 7.11. The molecule has 2 saturated heterocycles. The number of hydrogen-bond acceptors (Lipinski definition) is 7. The zero-order valence-corrected chi connectivity index (χ0v) is 15.9. The number of rotatable bonds is 3. The first kappa shape index (κ1) is 18.0. The molecule has 4 heterocycles.